The van der Waals surface area contributed by atoms with E-state index in [1.807, 2.05) is 46.5 Å². The summed E-state index contributed by atoms with van der Waals surface area (Å²) in [6.45, 7) is 3.65. The predicted octanol–water partition coefficient (Wildman–Crippen LogP) is -0.364. The van der Waals surface area contributed by atoms with Gasteiger partial charge >= 0.3 is 0 Å². The normalized spacial score (nSPS) is 14.0. The number of anilines is 1. The van der Waals surface area contributed by atoms with E-state index in [0.717, 1.165) is 19.4 Å². The summed E-state index contributed by atoms with van der Waals surface area (Å²) < 4.78 is 16.0. The Balaban J connectivity index is 0.00000243. The minimum absolute atomic E-state index is 0. The number of benzene rings is 1. The minimum atomic E-state index is -0.194. The number of halogens is 2. The van der Waals surface area contributed by atoms with Gasteiger partial charge in [0, 0.05) is 51.2 Å². The van der Waals surface area contributed by atoms with Gasteiger partial charge in [0.15, 0.2) is 12.4 Å². The lowest BCUT2D eigenvalue weighted by molar-refractivity contribution is -0.697. The number of amides is 1. The SMILES string of the molecule is O=C(CCCC[n+]1ccccc1)N1CCN(c2ccccc2F)CC1.[Br-]. The Bertz CT molecular complexity index is 690. The topological polar surface area (TPSA) is 27.4 Å². The Hall–Kier alpha value is -1.95. The van der Waals surface area contributed by atoms with Gasteiger partial charge in [0.2, 0.25) is 5.91 Å². The first-order chi connectivity index (χ1) is 12.2. The Labute approximate surface area is 165 Å². The van der Waals surface area contributed by atoms with Crippen LogP contribution in [0.3, 0.4) is 0 Å². The van der Waals surface area contributed by atoms with Crippen molar-refractivity contribution < 1.29 is 30.7 Å². The standard InChI is InChI=1S/C20H25FN3O.BrH/c21-18-8-2-3-9-19(18)23-14-16-24(17-15-23)20(25)10-4-7-13-22-11-5-1-6-12-22;/h1-3,5-6,8-9,11-12H,4,7,10,13-17H2;1H/q+1;/p-1. The zero-order chi connectivity index (χ0) is 17.5. The molecule has 3 rings (SSSR count). The van der Waals surface area contributed by atoms with E-state index in [1.54, 1.807) is 12.1 Å². The highest BCUT2D eigenvalue weighted by molar-refractivity contribution is 5.76. The second-order valence-corrected chi connectivity index (χ2v) is 6.39. The van der Waals surface area contributed by atoms with Crippen LogP contribution < -0.4 is 26.4 Å². The average Bonchev–Trinajstić information content (AvgIpc) is 2.66. The molecule has 1 fully saturated rings. The summed E-state index contributed by atoms with van der Waals surface area (Å²) >= 11 is 0. The summed E-state index contributed by atoms with van der Waals surface area (Å²) in [7, 11) is 0. The molecule has 1 aromatic carbocycles. The molecule has 0 spiro atoms. The van der Waals surface area contributed by atoms with Crippen LogP contribution in [0.2, 0.25) is 0 Å². The molecule has 1 aliphatic heterocycles. The monoisotopic (exact) mass is 421 g/mol. The molecule has 4 nitrogen and oxygen atoms in total. The van der Waals surface area contributed by atoms with Crippen molar-refractivity contribution in [2.45, 2.75) is 25.8 Å². The molecule has 1 amide bonds. The van der Waals surface area contributed by atoms with Gasteiger partial charge in [-0.1, -0.05) is 18.2 Å². The van der Waals surface area contributed by atoms with Crippen LogP contribution in [0.15, 0.2) is 54.9 Å². The predicted molar refractivity (Wildman–Crippen MR) is 95.7 cm³/mol. The third kappa shape index (κ3) is 5.53. The molecule has 0 radical (unpaired) electrons. The smallest absolute Gasteiger partial charge is 0.222 e. The third-order valence-corrected chi connectivity index (χ3v) is 4.66. The van der Waals surface area contributed by atoms with Gasteiger partial charge in [-0.2, -0.15) is 0 Å². The number of carbonyl (C=O) groups is 1. The van der Waals surface area contributed by atoms with E-state index in [1.165, 1.54) is 6.07 Å². The molecule has 1 aliphatic rings. The van der Waals surface area contributed by atoms with Crippen LogP contribution in [0.25, 0.3) is 0 Å². The molecule has 2 heterocycles. The Kier molecular flexibility index (Phi) is 8.04. The average molecular weight is 422 g/mol. The molecule has 1 aromatic heterocycles. The maximum absolute atomic E-state index is 13.9. The van der Waals surface area contributed by atoms with Gasteiger partial charge in [-0.25, -0.2) is 8.96 Å². The number of pyridine rings is 1. The molecule has 140 valence electrons. The number of piperazine rings is 1. The summed E-state index contributed by atoms with van der Waals surface area (Å²) in [5, 5.41) is 0. The number of unbranched alkanes of at least 4 members (excludes halogenated alkanes) is 1. The number of aromatic nitrogens is 1. The van der Waals surface area contributed by atoms with Crippen molar-refractivity contribution in [3.05, 3.63) is 60.7 Å². The van der Waals surface area contributed by atoms with Crippen molar-refractivity contribution in [1.29, 1.82) is 0 Å². The highest BCUT2D eigenvalue weighted by Crippen LogP contribution is 2.20. The molecule has 6 heteroatoms. The summed E-state index contributed by atoms with van der Waals surface area (Å²) in [6, 6.07) is 12.9. The molecule has 0 bridgehead atoms. The maximum atomic E-state index is 13.9. The second kappa shape index (κ2) is 10.3. The van der Waals surface area contributed by atoms with Gasteiger partial charge in [0.25, 0.3) is 0 Å². The minimum Gasteiger partial charge on any atom is -1.00 e. The van der Waals surface area contributed by atoms with Crippen molar-refractivity contribution in [3.63, 3.8) is 0 Å². The van der Waals surface area contributed by atoms with E-state index < -0.39 is 0 Å². The van der Waals surface area contributed by atoms with E-state index in [2.05, 4.69) is 4.57 Å². The molecule has 26 heavy (non-hydrogen) atoms. The largest absolute Gasteiger partial charge is 1.00 e. The number of hydrogen-bond acceptors (Lipinski definition) is 2. The highest BCUT2D eigenvalue weighted by atomic mass is 79.9. The lowest BCUT2D eigenvalue weighted by atomic mass is 10.2. The second-order valence-electron chi connectivity index (χ2n) is 6.39. The van der Waals surface area contributed by atoms with Crippen molar-refractivity contribution in [2.75, 3.05) is 31.1 Å². The van der Waals surface area contributed by atoms with Crippen molar-refractivity contribution in [2.24, 2.45) is 0 Å². The zero-order valence-corrected chi connectivity index (χ0v) is 16.4. The van der Waals surface area contributed by atoms with E-state index in [-0.39, 0.29) is 28.7 Å². The van der Waals surface area contributed by atoms with Crippen LogP contribution in [0.1, 0.15) is 19.3 Å². The fourth-order valence-electron chi connectivity index (χ4n) is 3.22. The molecule has 1 saturated heterocycles. The van der Waals surface area contributed by atoms with Gasteiger partial charge in [-0.15, -0.1) is 0 Å². The van der Waals surface area contributed by atoms with Crippen LogP contribution in [0, 0.1) is 5.82 Å². The fourth-order valence-corrected chi connectivity index (χ4v) is 3.22. The van der Waals surface area contributed by atoms with Gasteiger partial charge in [0.1, 0.15) is 12.4 Å². The number of aryl methyl sites for hydroxylation is 1. The molecular formula is C20H25BrFN3O. The van der Waals surface area contributed by atoms with Crippen LogP contribution in [-0.4, -0.2) is 37.0 Å². The van der Waals surface area contributed by atoms with Crippen molar-refractivity contribution in [1.82, 2.24) is 4.90 Å². The molecule has 0 saturated carbocycles. The summed E-state index contributed by atoms with van der Waals surface area (Å²) in [5.41, 5.74) is 0.634. The van der Waals surface area contributed by atoms with Gasteiger partial charge in [0.05, 0.1) is 5.69 Å². The molecular weight excluding hydrogens is 397 g/mol. The number of hydrogen-bond donors (Lipinski definition) is 0. The maximum Gasteiger partial charge on any atom is 0.222 e. The highest BCUT2D eigenvalue weighted by Gasteiger charge is 2.22. The summed E-state index contributed by atoms with van der Waals surface area (Å²) in [6.07, 6.45) is 6.57. The molecule has 0 aliphatic carbocycles. The van der Waals surface area contributed by atoms with E-state index >= 15 is 0 Å². The molecule has 0 N–H and O–H groups in total. The summed E-state index contributed by atoms with van der Waals surface area (Å²) in [4.78, 5) is 16.3. The number of para-hydroxylation sites is 1. The van der Waals surface area contributed by atoms with Gasteiger partial charge in [-0.3, -0.25) is 4.79 Å². The van der Waals surface area contributed by atoms with Crippen LogP contribution in [0.4, 0.5) is 10.1 Å². The Morgan fingerprint density at radius 2 is 1.65 bits per heavy atom. The zero-order valence-electron chi connectivity index (χ0n) is 14.9. The summed E-state index contributed by atoms with van der Waals surface area (Å²) in [5.74, 6) is 0.0203. The first kappa shape index (κ1) is 20.4. The number of rotatable bonds is 6. The van der Waals surface area contributed by atoms with E-state index in [9.17, 15) is 9.18 Å². The molecule has 0 atom stereocenters. The van der Waals surface area contributed by atoms with Crippen molar-refractivity contribution in [3.8, 4) is 0 Å². The number of carbonyl (C=O) groups excluding carboxylic acids is 1. The van der Waals surface area contributed by atoms with E-state index in [0.29, 0.717) is 38.3 Å². The van der Waals surface area contributed by atoms with Crippen LogP contribution in [0.5, 0.6) is 0 Å². The Morgan fingerprint density at radius 3 is 2.35 bits per heavy atom. The Morgan fingerprint density at radius 1 is 0.962 bits per heavy atom. The van der Waals surface area contributed by atoms with Crippen LogP contribution in [-0.2, 0) is 11.3 Å². The first-order valence-corrected chi connectivity index (χ1v) is 8.95. The quantitative estimate of drug-likeness (QED) is 0.470. The van der Waals surface area contributed by atoms with Crippen LogP contribution >= 0.6 is 0 Å². The third-order valence-electron chi connectivity index (χ3n) is 4.66. The fraction of sp³-hybridized carbons (Fsp3) is 0.400. The van der Waals surface area contributed by atoms with E-state index in [4.69, 9.17) is 0 Å². The van der Waals surface area contributed by atoms with Gasteiger partial charge in [-0.05, 0) is 18.6 Å². The lowest BCUT2D eigenvalue weighted by Crippen LogP contribution is -3.00. The van der Waals surface area contributed by atoms with Gasteiger partial charge < -0.3 is 26.8 Å². The first-order valence-electron chi connectivity index (χ1n) is 8.95. The lowest BCUT2D eigenvalue weighted by Gasteiger charge is -2.36. The number of nitrogens with zero attached hydrogens (tertiary/aromatic N) is 3. The van der Waals surface area contributed by atoms with Crippen molar-refractivity contribution >= 4 is 11.6 Å². The molecule has 0 unspecified atom stereocenters. The molecule has 2 aromatic rings.